The predicted octanol–water partition coefficient (Wildman–Crippen LogP) is 7.11. The molecule has 4 aliphatic carbocycles. The fourth-order valence-corrected chi connectivity index (χ4v) is 11.0. The number of benzene rings is 2. The number of hydrogen-bond donors (Lipinski definition) is 2. The number of carbonyl (C=O) groups excluding carboxylic acids is 4. The van der Waals surface area contributed by atoms with Crippen molar-refractivity contribution in [2.45, 2.75) is 90.8 Å². The minimum absolute atomic E-state index is 0.0385. The molecule has 3 saturated carbocycles. The Morgan fingerprint density at radius 2 is 1.76 bits per heavy atom. The molecule has 0 spiro atoms. The van der Waals surface area contributed by atoms with Crippen molar-refractivity contribution in [3.63, 3.8) is 0 Å². The van der Waals surface area contributed by atoms with Crippen LogP contribution in [0.25, 0.3) is 0 Å². The highest BCUT2D eigenvalue weighted by atomic mass is 19.1. The van der Waals surface area contributed by atoms with E-state index in [4.69, 9.17) is 9.47 Å². The average molecular weight is 745 g/mol. The maximum absolute atomic E-state index is 17.9. The summed E-state index contributed by atoms with van der Waals surface area (Å²) >= 11 is 0. The van der Waals surface area contributed by atoms with Gasteiger partial charge in [0.2, 0.25) is 0 Å². The number of Topliss-reactive ketones (excluding diaryl/α,β-unsaturated/α-hetero) is 1. The second-order valence-electron chi connectivity index (χ2n) is 17.5. The quantitative estimate of drug-likeness (QED) is 0.288. The van der Waals surface area contributed by atoms with Crippen LogP contribution in [0.15, 0.2) is 72.3 Å². The number of hydrogen-bond acceptors (Lipinski definition) is 8. The molecule has 0 aromatic heterocycles. The van der Waals surface area contributed by atoms with Crippen LogP contribution in [0.1, 0.15) is 71.9 Å². The molecule has 9 atom stereocenters. The van der Waals surface area contributed by atoms with E-state index in [0.29, 0.717) is 25.1 Å². The van der Waals surface area contributed by atoms with E-state index in [1.165, 1.54) is 25.2 Å². The lowest BCUT2D eigenvalue weighted by molar-refractivity contribution is -0.211. The second kappa shape index (κ2) is 13.1. The molecule has 1 aliphatic heterocycles. The molecule has 2 aromatic carbocycles. The molecule has 0 radical (unpaired) electrons. The lowest BCUT2D eigenvalue weighted by Crippen LogP contribution is -2.69. The van der Waals surface area contributed by atoms with Gasteiger partial charge in [-0.05, 0) is 124 Å². The van der Waals surface area contributed by atoms with Crippen molar-refractivity contribution in [1.29, 1.82) is 0 Å². The van der Waals surface area contributed by atoms with E-state index in [-0.39, 0.29) is 36.7 Å². The molecule has 5 aliphatic rings. The average Bonchev–Trinajstić information content (AvgIpc) is 3.59. The number of amides is 1. The zero-order valence-electron chi connectivity index (χ0n) is 31.8. The summed E-state index contributed by atoms with van der Waals surface area (Å²) in [4.78, 5) is 53.1. The third kappa shape index (κ3) is 5.97. The summed E-state index contributed by atoms with van der Waals surface area (Å²) in [6.07, 6.45) is 1.06. The van der Waals surface area contributed by atoms with Gasteiger partial charge in [-0.25, -0.2) is 13.6 Å². The molecule has 288 valence electrons. The standard InChI is InChI=1S/C43H50F2N2O7/c1-25(48)53-23-37(51)42-24-47(30-12-10-26(11-13-30)16-27-8-7-9-29(17-27)46-38(52)54-39(2,3)4)22-28(42)18-32-33-20-35(44)34-19-31(49)14-15-40(34,5)43(33,45)36(50)21-41(32,42)6/h7-15,17,19,28,32-33,35-36,50H,16,18,20-24H2,1-6H3,(H,46,52)/t28-,32-,33-,35-,36-,40-,41-,42+,43-/m0/s1. The first-order valence-corrected chi connectivity index (χ1v) is 18.9. The van der Waals surface area contributed by atoms with Crippen molar-refractivity contribution in [3.05, 3.63) is 83.5 Å². The number of ether oxygens (including phenoxy) is 2. The SMILES string of the molecule is CC(=O)OCC(=O)[C@@]12CN(c3ccc(Cc4cccc(NC(=O)OC(C)(C)C)c4)cc3)C[C@@H]1C[C@H]1[C@@H]3C[C@H](F)C4=CC(=O)C=C[C@]4(C)[C@@]3(F)[C@@H](O)C[C@@]12C. The van der Waals surface area contributed by atoms with E-state index in [1.807, 2.05) is 49.4 Å². The summed E-state index contributed by atoms with van der Waals surface area (Å²) in [6.45, 7) is 10.5. The maximum atomic E-state index is 17.9. The molecule has 54 heavy (non-hydrogen) atoms. The van der Waals surface area contributed by atoms with Gasteiger partial charge in [-0.3, -0.25) is 19.7 Å². The van der Waals surface area contributed by atoms with Crippen molar-refractivity contribution in [1.82, 2.24) is 0 Å². The second-order valence-corrected chi connectivity index (χ2v) is 17.5. The Balaban J connectivity index is 1.15. The van der Waals surface area contributed by atoms with Crippen molar-refractivity contribution in [2.75, 3.05) is 29.9 Å². The number of alkyl halides is 2. The van der Waals surface area contributed by atoms with Crippen LogP contribution in [0.4, 0.5) is 25.0 Å². The summed E-state index contributed by atoms with van der Waals surface area (Å²) in [5, 5.41) is 14.7. The highest BCUT2D eigenvalue weighted by Crippen LogP contribution is 2.74. The molecule has 2 aromatic rings. The van der Waals surface area contributed by atoms with Gasteiger partial charge >= 0.3 is 12.1 Å². The first kappa shape index (κ1) is 37.9. The number of nitrogens with one attached hydrogen (secondary N) is 1. The normalized spacial score (nSPS) is 35.3. The van der Waals surface area contributed by atoms with E-state index in [0.717, 1.165) is 16.8 Å². The van der Waals surface area contributed by atoms with Gasteiger partial charge in [-0.2, -0.15) is 0 Å². The van der Waals surface area contributed by atoms with Crippen molar-refractivity contribution >= 4 is 35.0 Å². The van der Waals surface area contributed by atoms with Gasteiger partial charge in [0, 0.05) is 42.7 Å². The smallest absolute Gasteiger partial charge is 0.412 e. The topological polar surface area (TPSA) is 122 Å². The van der Waals surface area contributed by atoms with Gasteiger partial charge in [0.25, 0.3) is 0 Å². The molecule has 9 nitrogen and oxygen atoms in total. The van der Waals surface area contributed by atoms with E-state index in [2.05, 4.69) is 10.2 Å². The van der Waals surface area contributed by atoms with Crippen LogP contribution in [0.2, 0.25) is 0 Å². The number of rotatable bonds is 7. The highest BCUT2D eigenvalue weighted by molar-refractivity contribution is 6.01. The van der Waals surface area contributed by atoms with Gasteiger partial charge < -0.3 is 19.5 Å². The number of aliphatic hydroxyl groups excluding tert-OH is 1. The molecule has 2 N–H and O–H groups in total. The minimum atomic E-state index is -2.25. The Morgan fingerprint density at radius 3 is 2.44 bits per heavy atom. The van der Waals surface area contributed by atoms with Crippen molar-refractivity contribution in [2.24, 2.45) is 34.0 Å². The fraction of sp³-hybridized carbons (Fsp3) is 0.535. The van der Waals surface area contributed by atoms with Gasteiger partial charge in [0.05, 0.1) is 11.5 Å². The van der Waals surface area contributed by atoms with Crippen molar-refractivity contribution in [3.8, 4) is 0 Å². The van der Waals surface area contributed by atoms with Crippen LogP contribution < -0.4 is 10.2 Å². The van der Waals surface area contributed by atoms with Crippen LogP contribution >= 0.6 is 0 Å². The molecule has 1 saturated heterocycles. The zero-order chi connectivity index (χ0) is 39.0. The third-order valence-corrected chi connectivity index (χ3v) is 13.3. The van der Waals surface area contributed by atoms with Crippen molar-refractivity contribution < 1.29 is 42.5 Å². The van der Waals surface area contributed by atoms with Gasteiger partial charge in [-0.1, -0.05) is 37.3 Å². The molecule has 0 bridgehead atoms. The van der Waals surface area contributed by atoms with E-state index in [1.54, 1.807) is 33.8 Å². The minimum Gasteiger partial charge on any atom is -0.458 e. The number of esters is 1. The van der Waals surface area contributed by atoms with E-state index in [9.17, 15) is 24.3 Å². The molecule has 11 heteroatoms. The van der Waals surface area contributed by atoms with Gasteiger partial charge in [0.15, 0.2) is 23.8 Å². The molecule has 0 unspecified atom stereocenters. The third-order valence-electron chi connectivity index (χ3n) is 13.3. The summed E-state index contributed by atoms with van der Waals surface area (Å²) in [6, 6.07) is 15.6. The first-order valence-electron chi connectivity index (χ1n) is 18.9. The molecule has 1 heterocycles. The number of halogens is 2. The molecule has 7 rings (SSSR count). The highest BCUT2D eigenvalue weighted by Gasteiger charge is 2.78. The number of aliphatic hydroxyl groups is 1. The number of ketones is 2. The molecular weight excluding hydrogens is 694 g/mol. The summed E-state index contributed by atoms with van der Waals surface area (Å²) in [5.41, 5.74) is -2.80. The molecule has 4 fully saturated rings. The van der Waals surface area contributed by atoms with Gasteiger partial charge in [-0.15, -0.1) is 0 Å². The van der Waals surface area contributed by atoms with E-state index < -0.39 is 76.1 Å². The van der Waals surface area contributed by atoms with Gasteiger partial charge in [0.1, 0.15) is 11.8 Å². The Labute approximate surface area is 315 Å². The predicted molar refractivity (Wildman–Crippen MR) is 199 cm³/mol. The van der Waals surface area contributed by atoms with Crippen LogP contribution in [0.5, 0.6) is 0 Å². The summed E-state index contributed by atoms with van der Waals surface area (Å²) in [7, 11) is 0. The Morgan fingerprint density at radius 1 is 1.04 bits per heavy atom. The number of nitrogens with zero attached hydrogens (tertiary/aromatic N) is 1. The molecular formula is C43H50F2N2O7. The van der Waals surface area contributed by atoms with Crippen LogP contribution in [0, 0.1) is 34.0 Å². The fourth-order valence-electron chi connectivity index (χ4n) is 11.0. The Hall–Kier alpha value is -4.38. The number of fused-ring (bicyclic) bond motifs is 7. The number of anilines is 2. The first-order chi connectivity index (χ1) is 25.3. The Kier molecular flexibility index (Phi) is 9.22. The molecule has 1 amide bonds. The Bertz CT molecular complexity index is 1940. The lowest BCUT2D eigenvalue weighted by Gasteiger charge is -2.63. The zero-order valence-corrected chi connectivity index (χ0v) is 31.8. The van der Waals surface area contributed by atoms with Crippen LogP contribution in [-0.2, 0) is 30.3 Å². The summed E-state index contributed by atoms with van der Waals surface area (Å²) < 4.78 is 44.6. The van der Waals surface area contributed by atoms with E-state index >= 15 is 8.78 Å². The summed E-state index contributed by atoms with van der Waals surface area (Å²) in [5.74, 6) is -2.87. The largest absolute Gasteiger partial charge is 0.458 e. The van der Waals surface area contributed by atoms with Crippen LogP contribution in [-0.4, -0.2) is 72.0 Å². The maximum Gasteiger partial charge on any atom is 0.412 e. The van der Waals surface area contributed by atoms with Crippen LogP contribution in [0.3, 0.4) is 0 Å². The monoisotopic (exact) mass is 744 g/mol. The number of carbonyl (C=O) groups is 4. The number of allylic oxidation sites excluding steroid dienone is 4. The lowest BCUT2D eigenvalue weighted by atomic mass is 9.43.